The highest BCUT2D eigenvalue weighted by Gasteiger charge is 2.41. The van der Waals surface area contributed by atoms with Gasteiger partial charge in [-0.15, -0.1) is 0 Å². The summed E-state index contributed by atoms with van der Waals surface area (Å²) >= 11 is 1.45. The maximum Gasteiger partial charge on any atom is 0.338 e. The van der Waals surface area contributed by atoms with E-state index >= 15 is 0 Å². The summed E-state index contributed by atoms with van der Waals surface area (Å²) in [7, 11) is 0. The van der Waals surface area contributed by atoms with Crippen molar-refractivity contribution in [3.8, 4) is 5.75 Å². The fourth-order valence-corrected chi connectivity index (χ4v) is 5.99. The van der Waals surface area contributed by atoms with Gasteiger partial charge in [-0.1, -0.05) is 84.6 Å². The van der Waals surface area contributed by atoms with Crippen LogP contribution >= 0.6 is 11.8 Å². The first-order valence-electron chi connectivity index (χ1n) is 14.1. The zero-order chi connectivity index (χ0) is 29.6. The third kappa shape index (κ3) is 6.77. The van der Waals surface area contributed by atoms with E-state index in [0.717, 1.165) is 22.4 Å². The van der Waals surface area contributed by atoms with Crippen LogP contribution in [0.4, 0.5) is 0 Å². The molecule has 0 saturated carbocycles. The van der Waals surface area contributed by atoms with Crippen LogP contribution in [-0.2, 0) is 20.9 Å². The Labute approximate surface area is 251 Å². The molecule has 0 fully saturated rings. The summed E-state index contributed by atoms with van der Waals surface area (Å²) in [5.41, 5.74) is 4.73. The summed E-state index contributed by atoms with van der Waals surface area (Å²) in [4.78, 5) is 33.5. The molecule has 0 radical (unpaired) electrons. The average Bonchev–Trinajstić information content (AvgIpc) is 3.37. The highest BCUT2D eigenvalue weighted by Crippen LogP contribution is 2.45. The van der Waals surface area contributed by atoms with Gasteiger partial charge in [0, 0.05) is 5.70 Å². The molecule has 2 atom stereocenters. The van der Waals surface area contributed by atoms with Crippen LogP contribution in [0.2, 0.25) is 0 Å². The summed E-state index contributed by atoms with van der Waals surface area (Å²) in [5, 5.41) is 5.76. The number of nitrogens with zero attached hydrogens (tertiary/aromatic N) is 2. The molecule has 3 aromatic rings. The molecular weight excluding hydrogens is 546 g/mol. The zero-order valence-corrected chi connectivity index (χ0v) is 25.1. The third-order valence-electron chi connectivity index (χ3n) is 7.00. The summed E-state index contributed by atoms with van der Waals surface area (Å²) in [6.07, 6.45) is -0.160. The SMILES string of the molecule is CC1=C(C(=O)OC(C)C)[C@H](c2cccc(OCc3ccccc3)c2)N2C(CC(=O)N[C@H](C)c3ccccc3)=CSC2=N1. The minimum absolute atomic E-state index is 0.115. The third-order valence-corrected chi connectivity index (χ3v) is 7.89. The van der Waals surface area contributed by atoms with Crippen molar-refractivity contribution in [3.05, 3.63) is 124 Å². The minimum Gasteiger partial charge on any atom is -0.489 e. The molecule has 2 heterocycles. The molecule has 0 bridgehead atoms. The van der Waals surface area contributed by atoms with Gasteiger partial charge >= 0.3 is 5.97 Å². The number of hydrogen-bond donors (Lipinski definition) is 1. The number of carbonyl (C=O) groups excluding carboxylic acids is 2. The van der Waals surface area contributed by atoms with Gasteiger partial charge in [-0.3, -0.25) is 4.79 Å². The molecule has 0 aliphatic carbocycles. The lowest BCUT2D eigenvalue weighted by Crippen LogP contribution is -2.38. The van der Waals surface area contributed by atoms with Gasteiger partial charge in [-0.2, -0.15) is 0 Å². The minimum atomic E-state index is -0.537. The number of fused-ring (bicyclic) bond motifs is 1. The summed E-state index contributed by atoms with van der Waals surface area (Å²) in [6.45, 7) is 7.87. The van der Waals surface area contributed by atoms with Crippen molar-refractivity contribution < 1.29 is 19.1 Å². The van der Waals surface area contributed by atoms with Gasteiger partial charge < -0.3 is 19.7 Å². The van der Waals surface area contributed by atoms with Crippen LogP contribution < -0.4 is 10.1 Å². The van der Waals surface area contributed by atoms with Gasteiger partial charge in [0.1, 0.15) is 12.4 Å². The predicted octanol–water partition coefficient (Wildman–Crippen LogP) is 7.06. The van der Waals surface area contributed by atoms with Crippen LogP contribution in [0.5, 0.6) is 5.75 Å². The van der Waals surface area contributed by atoms with Gasteiger partial charge in [-0.05, 0) is 61.9 Å². The number of carbonyl (C=O) groups is 2. The maximum absolute atomic E-state index is 13.5. The quantitative estimate of drug-likeness (QED) is 0.258. The van der Waals surface area contributed by atoms with Crippen molar-refractivity contribution in [2.45, 2.75) is 58.9 Å². The molecule has 2 aliphatic heterocycles. The number of ether oxygens (including phenoxy) is 2. The van der Waals surface area contributed by atoms with Crippen LogP contribution in [0.25, 0.3) is 0 Å². The van der Waals surface area contributed by atoms with Crippen LogP contribution in [0.1, 0.15) is 62.9 Å². The zero-order valence-electron chi connectivity index (χ0n) is 24.2. The lowest BCUT2D eigenvalue weighted by molar-refractivity contribution is -0.143. The topological polar surface area (TPSA) is 80.2 Å². The Morgan fingerprint density at radius 1 is 0.976 bits per heavy atom. The Bertz CT molecular complexity index is 1530. The molecule has 0 saturated heterocycles. The molecule has 42 heavy (non-hydrogen) atoms. The van der Waals surface area contributed by atoms with Crippen molar-refractivity contribution in [1.82, 2.24) is 10.2 Å². The molecule has 3 aromatic carbocycles. The van der Waals surface area contributed by atoms with Crippen molar-refractivity contribution in [1.29, 1.82) is 0 Å². The first-order chi connectivity index (χ1) is 20.3. The number of benzene rings is 3. The number of allylic oxidation sites excluding steroid dienone is 1. The van der Waals surface area contributed by atoms with Gasteiger partial charge in [0.15, 0.2) is 5.17 Å². The van der Waals surface area contributed by atoms with E-state index in [9.17, 15) is 9.59 Å². The summed E-state index contributed by atoms with van der Waals surface area (Å²) in [5.74, 6) is 0.140. The van der Waals surface area contributed by atoms with E-state index < -0.39 is 12.0 Å². The van der Waals surface area contributed by atoms with E-state index in [0.29, 0.717) is 28.8 Å². The number of amides is 1. The van der Waals surface area contributed by atoms with Crippen LogP contribution in [0.3, 0.4) is 0 Å². The Kier molecular flexibility index (Phi) is 9.12. The van der Waals surface area contributed by atoms with Gasteiger partial charge in [0.2, 0.25) is 5.91 Å². The second-order valence-corrected chi connectivity index (χ2v) is 11.4. The summed E-state index contributed by atoms with van der Waals surface area (Å²) in [6, 6.07) is 26.9. The number of hydrogen-bond acceptors (Lipinski definition) is 7. The van der Waals surface area contributed by atoms with E-state index in [1.165, 1.54) is 11.8 Å². The molecule has 5 rings (SSSR count). The first-order valence-corrected chi connectivity index (χ1v) is 14.9. The molecule has 1 amide bonds. The summed E-state index contributed by atoms with van der Waals surface area (Å²) < 4.78 is 11.8. The van der Waals surface area contributed by atoms with Gasteiger partial charge in [0.25, 0.3) is 0 Å². The predicted molar refractivity (Wildman–Crippen MR) is 166 cm³/mol. The van der Waals surface area contributed by atoms with E-state index in [1.54, 1.807) is 0 Å². The molecular formula is C34H35N3O4S. The Morgan fingerprint density at radius 2 is 1.69 bits per heavy atom. The fourth-order valence-electron chi connectivity index (χ4n) is 5.02. The van der Waals surface area contributed by atoms with Crippen LogP contribution in [0, 0.1) is 0 Å². The first kappa shape index (κ1) is 29.2. The van der Waals surface area contributed by atoms with Gasteiger partial charge in [-0.25, -0.2) is 9.79 Å². The Hall–Kier alpha value is -4.30. The second kappa shape index (κ2) is 13.1. The lowest BCUT2D eigenvalue weighted by Gasteiger charge is -2.36. The smallest absolute Gasteiger partial charge is 0.338 e. The number of aliphatic imine (C=N–C) groups is 1. The van der Waals surface area contributed by atoms with Crippen molar-refractivity contribution in [3.63, 3.8) is 0 Å². The molecule has 0 aromatic heterocycles. The highest BCUT2D eigenvalue weighted by atomic mass is 32.2. The van der Waals surface area contributed by atoms with E-state index in [1.807, 2.05) is 123 Å². The van der Waals surface area contributed by atoms with Crippen molar-refractivity contribution in [2.24, 2.45) is 4.99 Å². The Morgan fingerprint density at radius 3 is 2.40 bits per heavy atom. The lowest BCUT2D eigenvalue weighted by atomic mass is 9.93. The molecule has 2 aliphatic rings. The number of amidine groups is 1. The molecule has 8 heteroatoms. The van der Waals surface area contributed by atoms with E-state index in [2.05, 4.69) is 5.32 Å². The van der Waals surface area contributed by atoms with E-state index in [-0.39, 0.29) is 24.5 Å². The standard InChI is InChI=1S/C34H35N3O4S/c1-22(2)41-33(39)31-24(4)36-34-37(28(21-42-34)19-30(38)35-23(3)26-14-9-6-10-15-26)32(31)27-16-11-17-29(18-27)40-20-25-12-7-5-8-13-25/h5-18,21-23,32H,19-20H2,1-4H3,(H,35,38)/t23-,32+/m1/s1. The fraction of sp³-hybridized carbons (Fsp3) is 0.265. The molecule has 1 N–H and O–H groups in total. The molecule has 216 valence electrons. The average molecular weight is 582 g/mol. The number of esters is 1. The Balaban J connectivity index is 1.43. The largest absolute Gasteiger partial charge is 0.489 e. The second-order valence-electron chi connectivity index (χ2n) is 10.6. The van der Waals surface area contributed by atoms with Crippen molar-refractivity contribution in [2.75, 3.05) is 0 Å². The molecule has 0 unspecified atom stereocenters. The monoisotopic (exact) mass is 581 g/mol. The number of nitrogens with one attached hydrogen (secondary N) is 1. The van der Waals surface area contributed by atoms with Crippen molar-refractivity contribution >= 4 is 28.8 Å². The molecule has 0 spiro atoms. The molecule has 7 nitrogen and oxygen atoms in total. The number of rotatable bonds is 10. The highest BCUT2D eigenvalue weighted by molar-refractivity contribution is 8.16. The normalized spacial score (nSPS) is 16.9. The van der Waals surface area contributed by atoms with Crippen LogP contribution in [-0.4, -0.2) is 28.0 Å². The van der Waals surface area contributed by atoms with E-state index in [4.69, 9.17) is 14.5 Å². The van der Waals surface area contributed by atoms with Crippen LogP contribution in [0.15, 0.2) is 112 Å². The maximum atomic E-state index is 13.5. The van der Waals surface area contributed by atoms with Gasteiger partial charge in [0.05, 0.1) is 35.9 Å². The number of thioether (sulfide) groups is 1.